The summed E-state index contributed by atoms with van der Waals surface area (Å²) in [5.41, 5.74) is 7.57. The zero-order valence-corrected chi connectivity index (χ0v) is 16.5. The minimum absolute atomic E-state index is 0.354. The number of aromatic nitrogens is 2. The van der Waals surface area contributed by atoms with E-state index in [1.165, 1.54) is 11.3 Å². The third kappa shape index (κ3) is 4.25. The molecule has 0 saturated carbocycles. The second kappa shape index (κ2) is 8.67. The highest BCUT2D eigenvalue weighted by atomic mass is 35.5. The maximum absolute atomic E-state index is 6.38. The fourth-order valence-corrected chi connectivity index (χ4v) is 3.39. The monoisotopic (exact) mass is 340 g/mol. The highest BCUT2D eigenvalue weighted by molar-refractivity contribution is 6.32. The molecule has 23 heavy (non-hydrogen) atoms. The molecule has 130 valence electrons. The number of allylic oxidation sites excluding steroid dienone is 4. The summed E-state index contributed by atoms with van der Waals surface area (Å²) < 4.78 is 2.06. The van der Waals surface area contributed by atoms with Gasteiger partial charge in [-0.1, -0.05) is 46.2 Å². The lowest BCUT2D eigenvalue weighted by atomic mass is 9.96. The fraction of sp³-hybridized carbons (Fsp3) is 0.611. The topological polar surface area (TPSA) is 43.7 Å². The lowest BCUT2D eigenvalue weighted by molar-refractivity contribution is -0.856. The summed E-state index contributed by atoms with van der Waals surface area (Å²) in [4.78, 5) is 5.10. The first-order valence-electron chi connectivity index (χ1n) is 8.39. The molecule has 1 unspecified atom stereocenters. The summed E-state index contributed by atoms with van der Waals surface area (Å²) in [6.45, 7) is 14.8. The molecule has 1 atom stereocenters. The molecule has 0 saturated heterocycles. The van der Waals surface area contributed by atoms with Crippen molar-refractivity contribution in [3.63, 3.8) is 0 Å². The molecule has 0 aromatic carbocycles. The predicted octanol–water partition coefficient (Wildman–Crippen LogP) is 4.11. The third-order valence-corrected chi connectivity index (χ3v) is 4.39. The Morgan fingerprint density at radius 3 is 2.43 bits per heavy atom. The van der Waals surface area contributed by atoms with E-state index in [9.17, 15) is 0 Å². The quantitative estimate of drug-likeness (QED) is 0.838. The number of nitrogens with zero attached hydrogens (tertiary/aromatic N) is 2. The Bertz CT molecular complexity index is 600. The number of nitrogens with two attached hydrogens (primary N) is 1. The molecule has 1 heterocycles. The van der Waals surface area contributed by atoms with Gasteiger partial charge in [-0.15, -0.1) is 0 Å². The molecule has 0 fully saturated rings. The van der Waals surface area contributed by atoms with Crippen LogP contribution in [-0.4, -0.2) is 16.9 Å². The first-order chi connectivity index (χ1) is 10.9. The largest absolute Gasteiger partial charge is 0.241 e. The molecule has 4 nitrogen and oxygen atoms in total. The van der Waals surface area contributed by atoms with Crippen LogP contribution in [0, 0.1) is 19.8 Å². The Kier molecular flexibility index (Phi) is 7.52. The van der Waals surface area contributed by atoms with Gasteiger partial charge in [0.15, 0.2) is 5.70 Å². The van der Waals surface area contributed by atoms with Gasteiger partial charge in [0, 0.05) is 23.7 Å². The number of hydrogen-bond acceptors (Lipinski definition) is 2. The standard InChI is InChI=1S/C16H24ClN3O.C2H6/c1-9(2)16-11(4)18-20(12(16)5)15-8-13(17)14(19-21-6)7-10(15)3;1-2/h8-10,19H,7H2,1-6H3;1-2H3/p+1. The smallest absolute Gasteiger partial charge is 0.157 e. The van der Waals surface area contributed by atoms with Crippen molar-refractivity contribution in [1.29, 1.82) is 0 Å². The van der Waals surface area contributed by atoms with E-state index in [0.717, 1.165) is 28.5 Å². The maximum atomic E-state index is 6.38. The van der Waals surface area contributed by atoms with Crippen LogP contribution in [0.3, 0.4) is 0 Å². The fourth-order valence-electron chi connectivity index (χ4n) is 3.15. The van der Waals surface area contributed by atoms with Crippen molar-refractivity contribution in [2.45, 2.75) is 60.8 Å². The molecule has 1 aliphatic carbocycles. The van der Waals surface area contributed by atoms with Gasteiger partial charge in [-0.25, -0.2) is 9.52 Å². The van der Waals surface area contributed by atoms with Crippen molar-refractivity contribution in [1.82, 2.24) is 9.78 Å². The van der Waals surface area contributed by atoms with E-state index >= 15 is 0 Å². The molecule has 2 rings (SSSR count). The average Bonchev–Trinajstić information content (AvgIpc) is 2.79. The van der Waals surface area contributed by atoms with Crippen LogP contribution in [0.2, 0.25) is 0 Å². The summed E-state index contributed by atoms with van der Waals surface area (Å²) in [5.74, 6) is 0.827. The predicted molar refractivity (Wildman–Crippen MR) is 97.0 cm³/mol. The van der Waals surface area contributed by atoms with Crippen LogP contribution in [0.15, 0.2) is 16.8 Å². The Hall–Kier alpha value is -1.10. The molecule has 0 bridgehead atoms. The highest BCUT2D eigenvalue weighted by Gasteiger charge is 2.26. The van der Waals surface area contributed by atoms with Gasteiger partial charge in [0.1, 0.15) is 5.03 Å². The van der Waals surface area contributed by atoms with Gasteiger partial charge in [0.05, 0.1) is 12.8 Å². The molecule has 5 heteroatoms. The maximum Gasteiger partial charge on any atom is 0.157 e. The van der Waals surface area contributed by atoms with Crippen LogP contribution >= 0.6 is 11.6 Å². The molecule has 1 aliphatic rings. The Labute approximate surface area is 145 Å². The van der Waals surface area contributed by atoms with Crippen molar-refractivity contribution in [3.05, 3.63) is 33.8 Å². The van der Waals surface area contributed by atoms with E-state index < -0.39 is 0 Å². The number of halogens is 1. The van der Waals surface area contributed by atoms with Crippen molar-refractivity contribution in [2.75, 3.05) is 7.11 Å². The second-order valence-corrected chi connectivity index (χ2v) is 6.46. The SMILES string of the molecule is CC.CO[NH2+]C1=C(Cl)C=C(n2nc(C)c(C(C)C)c2C)C(C)C1. The van der Waals surface area contributed by atoms with Crippen molar-refractivity contribution in [3.8, 4) is 0 Å². The minimum Gasteiger partial charge on any atom is -0.241 e. The van der Waals surface area contributed by atoms with Gasteiger partial charge in [-0.05, 0) is 31.4 Å². The van der Waals surface area contributed by atoms with Gasteiger partial charge in [0.2, 0.25) is 0 Å². The number of aryl methyl sites for hydroxylation is 1. The van der Waals surface area contributed by atoms with Gasteiger partial charge in [-0.3, -0.25) is 0 Å². The van der Waals surface area contributed by atoms with Gasteiger partial charge < -0.3 is 0 Å². The van der Waals surface area contributed by atoms with Gasteiger partial charge in [0.25, 0.3) is 0 Å². The van der Waals surface area contributed by atoms with Crippen LogP contribution in [0.5, 0.6) is 0 Å². The zero-order valence-electron chi connectivity index (χ0n) is 15.7. The summed E-state index contributed by atoms with van der Waals surface area (Å²) >= 11 is 6.38. The minimum atomic E-state index is 0.354. The first-order valence-corrected chi connectivity index (χ1v) is 8.77. The Morgan fingerprint density at radius 1 is 1.35 bits per heavy atom. The third-order valence-electron chi connectivity index (χ3n) is 4.04. The van der Waals surface area contributed by atoms with Crippen molar-refractivity contribution >= 4 is 17.3 Å². The van der Waals surface area contributed by atoms with E-state index in [2.05, 4.69) is 39.3 Å². The van der Waals surface area contributed by atoms with E-state index in [1.54, 1.807) is 12.6 Å². The van der Waals surface area contributed by atoms with Crippen LogP contribution < -0.4 is 5.48 Å². The highest BCUT2D eigenvalue weighted by Crippen LogP contribution is 2.33. The van der Waals surface area contributed by atoms with E-state index in [0.29, 0.717) is 11.8 Å². The molecular formula is C18H31ClN3O+. The van der Waals surface area contributed by atoms with E-state index in [-0.39, 0.29) is 0 Å². The van der Waals surface area contributed by atoms with Crippen LogP contribution in [0.25, 0.3) is 5.70 Å². The molecule has 0 radical (unpaired) electrons. The summed E-state index contributed by atoms with van der Waals surface area (Å²) in [6.07, 6.45) is 2.89. The normalized spacial score (nSPS) is 18.0. The lowest BCUT2D eigenvalue weighted by Crippen LogP contribution is -2.80. The Morgan fingerprint density at radius 2 is 1.96 bits per heavy atom. The van der Waals surface area contributed by atoms with Crippen LogP contribution in [-0.2, 0) is 4.84 Å². The second-order valence-electron chi connectivity index (χ2n) is 6.05. The van der Waals surface area contributed by atoms with E-state index in [4.69, 9.17) is 21.5 Å². The van der Waals surface area contributed by atoms with Crippen LogP contribution in [0.4, 0.5) is 0 Å². The van der Waals surface area contributed by atoms with E-state index in [1.807, 2.05) is 19.9 Å². The summed E-state index contributed by atoms with van der Waals surface area (Å²) in [5, 5.41) is 5.48. The number of quaternary nitrogens is 1. The zero-order chi connectivity index (χ0) is 17.7. The lowest BCUT2D eigenvalue weighted by Gasteiger charge is -2.22. The van der Waals surface area contributed by atoms with Gasteiger partial charge >= 0.3 is 0 Å². The molecule has 2 N–H and O–H groups in total. The molecule has 1 aromatic rings. The summed E-state index contributed by atoms with van der Waals surface area (Å²) in [6, 6.07) is 0. The summed E-state index contributed by atoms with van der Waals surface area (Å²) in [7, 11) is 1.65. The first kappa shape index (κ1) is 19.9. The molecule has 1 aromatic heterocycles. The number of rotatable bonds is 4. The van der Waals surface area contributed by atoms with Gasteiger partial charge in [-0.2, -0.15) is 10.6 Å². The van der Waals surface area contributed by atoms with Crippen molar-refractivity contribution < 1.29 is 10.3 Å². The Balaban J connectivity index is 0.00000127. The van der Waals surface area contributed by atoms with Crippen LogP contribution in [0.1, 0.15) is 63.9 Å². The van der Waals surface area contributed by atoms with Crippen molar-refractivity contribution in [2.24, 2.45) is 5.92 Å². The molecular weight excluding hydrogens is 310 g/mol. The molecule has 0 spiro atoms. The molecule has 0 amide bonds. The molecule has 0 aliphatic heterocycles. The number of hydrogen-bond donors (Lipinski definition) is 1. The average molecular weight is 341 g/mol. The number of hydroxylamine groups is 1.